The molecule has 1 aliphatic rings. The smallest absolute Gasteiger partial charge is 0.261 e. The van der Waals surface area contributed by atoms with Gasteiger partial charge in [0.1, 0.15) is 5.75 Å². The molecule has 0 radical (unpaired) electrons. The van der Waals surface area contributed by atoms with Crippen molar-refractivity contribution in [1.82, 2.24) is 5.32 Å². The Morgan fingerprint density at radius 3 is 2.86 bits per heavy atom. The number of aryl methyl sites for hydroxylation is 3. The van der Waals surface area contributed by atoms with E-state index >= 15 is 0 Å². The molecule has 1 heterocycles. The van der Waals surface area contributed by atoms with Gasteiger partial charge in [-0.15, -0.1) is 0 Å². The van der Waals surface area contributed by atoms with Crippen molar-refractivity contribution >= 4 is 11.6 Å². The van der Waals surface area contributed by atoms with Gasteiger partial charge in [0, 0.05) is 25.3 Å². The van der Waals surface area contributed by atoms with E-state index in [-0.39, 0.29) is 5.91 Å². The number of hydrogen-bond acceptors (Lipinski definition) is 3. The van der Waals surface area contributed by atoms with E-state index in [0.717, 1.165) is 42.8 Å². The molecule has 2 aromatic rings. The Bertz CT molecular complexity index is 803. The molecule has 1 N–H and O–H groups in total. The number of amides is 1. The Hall–Kier alpha value is -2.49. The van der Waals surface area contributed by atoms with E-state index in [0.29, 0.717) is 13.0 Å². The number of nitrogens with one attached hydrogen (secondary N) is 1. The third-order valence-corrected chi connectivity index (χ3v) is 5.39. The number of fused-ring (bicyclic) bond motifs is 1. The molecule has 3 rings (SSSR count). The van der Waals surface area contributed by atoms with Gasteiger partial charge >= 0.3 is 0 Å². The maximum atomic E-state index is 12.6. The summed E-state index contributed by atoms with van der Waals surface area (Å²) in [7, 11) is 0. The van der Waals surface area contributed by atoms with Crippen molar-refractivity contribution in [1.29, 1.82) is 0 Å². The fraction of sp³-hybridized carbons (Fsp3) is 0.458. The van der Waals surface area contributed by atoms with Crippen molar-refractivity contribution in [2.75, 3.05) is 24.5 Å². The molecule has 1 amide bonds. The zero-order chi connectivity index (χ0) is 19.9. The van der Waals surface area contributed by atoms with E-state index in [4.69, 9.17) is 4.74 Å². The van der Waals surface area contributed by atoms with Gasteiger partial charge in [-0.3, -0.25) is 4.79 Å². The Balaban J connectivity index is 1.48. The Kier molecular flexibility index (Phi) is 6.96. The molecule has 2 aromatic carbocycles. The molecule has 0 saturated heterocycles. The molecule has 0 fully saturated rings. The summed E-state index contributed by atoms with van der Waals surface area (Å²) >= 11 is 0. The van der Waals surface area contributed by atoms with Crippen LogP contribution in [0.25, 0.3) is 0 Å². The average molecular weight is 381 g/mol. The normalized spacial score (nSPS) is 14.3. The van der Waals surface area contributed by atoms with Gasteiger partial charge in [-0.2, -0.15) is 0 Å². The maximum absolute atomic E-state index is 12.6. The van der Waals surface area contributed by atoms with E-state index in [1.807, 2.05) is 32.9 Å². The number of carbonyl (C=O) groups is 1. The molecule has 150 valence electrons. The highest BCUT2D eigenvalue weighted by atomic mass is 16.5. The fourth-order valence-electron chi connectivity index (χ4n) is 3.75. The molecule has 4 nitrogen and oxygen atoms in total. The van der Waals surface area contributed by atoms with Gasteiger partial charge in [0.2, 0.25) is 0 Å². The first-order chi connectivity index (χ1) is 13.6. The third kappa shape index (κ3) is 5.06. The van der Waals surface area contributed by atoms with E-state index < -0.39 is 6.10 Å². The molecule has 1 aliphatic heterocycles. The number of para-hydroxylation sites is 1. The lowest BCUT2D eigenvalue weighted by Gasteiger charge is -2.31. The summed E-state index contributed by atoms with van der Waals surface area (Å²) in [6.07, 6.45) is 3.50. The first-order valence-corrected chi connectivity index (χ1v) is 10.4. The number of hydrogen-bond donors (Lipinski definition) is 1. The van der Waals surface area contributed by atoms with E-state index in [9.17, 15) is 4.79 Å². The Morgan fingerprint density at radius 2 is 2.04 bits per heavy atom. The van der Waals surface area contributed by atoms with Crippen LogP contribution in [0.3, 0.4) is 0 Å². The Labute approximate surface area is 168 Å². The largest absolute Gasteiger partial charge is 0.480 e. The van der Waals surface area contributed by atoms with Gasteiger partial charge < -0.3 is 15.0 Å². The molecule has 1 atom stereocenters. The van der Waals surface area contributed by atoms with Crippen LogP contribution in [0.2, 0.25) is 0 Å². The monoisotopic (exact) mass is 380 g/mol. The molecule has 0 aliphatic carbocycles. The number of rotatable bonds is 8. The topological polar surface area (TPSA) is 41.6 Å². The maximum Gasteiger partial charge on any atom is 0.261 e. The first-order valence-electron chi connectivity index (χ1n) is 10.4. The minimum Gasteiger partial charge on any atom is -0.480 e. The van der Waals surface area contributed by atoms with E-state index in [2.05, 4.69) is 40.5 Å². The summed E-state index contributed by atoms with van der Waals surface area (Å²) in [6, 6.07) is 14.7. The van der Waals surface area contributed by atoms with Crippen molar-refractivity contribution in [2.45, 2.75) is 52.6 Å². The third-order valence-electron chi connectivity index (χ3n) is 5.39. The zero-order valence-corrected chi connectivity index (χ0v) is 17.3. The number of ether oxygens (including phenoxy) is 1. The van der Waals surface area contributed by atoms with Crippen molar-refractivity contribution in [3.8, 4) is 5.75 Å². The standard InChI is InChI=1S/C24H32N2O2/c1-4-22(28-23-17-18(2)12-13-19(23)3)24(27)25-14-8-16-26-15-7-10-20-9-5-6-11-21(20)26/h5-6,9,11-13,17,22H,4,7-8,10,14-16H2,1-3H3,(H,25,27)/t22-/m1/s1. The van der Waals surface area contributed by atoms with Gasteiger partial charge in [0.15, 0.2) is 6.10 Å². The van der Waals surface area contributed by atoms with Crippen LogP contribution in [0.5, 0.6) is 5.75 Å². The highest BCUT2D eigenvalue weighted by Crippen LogP contribution is 2.26. The molecular weight excluding hydrogens is 348 g/mol. The average Bonchev–Trinajstić information content (AvgIpc) is 2.71. The SMILES string of the molecule is CC[C@@H](Oc1cc(C)ccc1C)C(=O)NCCCN1CCCc2ccccc21. The number of benzene rings is 2. The van der Waals surface area contributed by atoms with Crippen LogP contribution in [0, 0.1) is 13.8 Å². The fourth-order valence-corrected chi connectivity index (χ4v) is 3.75. The minimum absolute atomic E-state index is 0.0255. The lowest BCUT2D eigenvalue weighted by Crippen LogP contribution is -2.39. The molecule has 4 heteroatoms. The molecule has 0 spiro atoms. The molecule has 0 unspecified atom stereocenters. The van der Waals surface area contributed by atoms with Crippen molar-refractivity contribution in [2.24, 2.45) is 0 Å². The van der Waals surface area contributed by atoms with Gasteiger partial charge in [-0.05, 0) is 68.4 Å². The quantitative estimate of drug-likeness (QED) is 0.689. The molecule has 0 bridgehead atoms. The molecule has 0 saturated carbocycles. The van der Waals surface area contributed by atoms with Gasteiger partial charge in [0.25, 0.3) is 5.91 Å². The highest BCUT2D eigenvalue weighted by Gasteiger charge is 2.19. The van der Waals surface area contributed by atoms with Crippen molar-refractivity contribution in [3.05, 3.63) is 59.2 Å². The van der Waals surface area contributed by atoms with E-state index in [1.54, 1.807) is 0 Å². The van der Waals surface area contributed by atoms with E-state index in [1.165, 1.54) is 17.7 Å². The highest BCUT2D eigenvalue weighted by molar-refractivity contribution is 5.81. The summed E-state index contributed by atoms with van der Waals surface area (Å²) in [5, 5.41) is 3.06. The van der Waals surface area contributed by atoms with Gasteiger partial charge in [0.05, 0.1) is 0 Å². The zero-order valence-electron chi connectivity index (χ0n) is 17.3. The second-order valence-electron chi connectivity index (χ2n) is 7.65. The predicted octanol–water partition coefficient (Wildman–Crippen LogP) is 4.42. The minimum atomic E-state index is -0.448. The van der Waals surface area contributed by atoms with Crippen LogP contribution in [0.4, 0.5) is 5.69 Å². The summed E-state index contributed by atoms with van der Waals surface area (Å²) in [5.41, 5.74) is 4.98. The van der Waals surface area contributed by atoms with Crippen LogP contribution in [0.1, 0.15) is 42.9 Å². The van der Waals surface area contributed by atoms with Crippen LogP contribution >= 0.6 is 0 Å². The van der Waals surface area contributed by atoms with Crippen LogP contribution in [-0.2, 0) is 11.2 Å². The number of carbonyl (C=O) groups excluding carboxylic acids is 1. The predicted molar refractivity (Wildman–Crippen MR) is 115 cm³/mol. The van der Waals surface area contributed by atoms with Crippen LogP contribution < -0.4 is 15.0 Å². The lowest BCUT2D eigenvalue weighted by molar-refractivity contribution is -0.128. The molecule has 28 heavy (non-hydrogen) atoms. The summed E-state index contributed by atoms with van der Waals surface area (Å²) in [5.74, 6) is 0.773. The number of nitrogens with zero attached hydrogens (tertiary/aromatic N) is 1. The summed E-state index contributed by atoms with van der Waals surface area (Å²) < 4.78 is 6.01. The van der Waals surface area contributed by atoms with Crippen molar-refractivity contribution in [3.63, 3.8) is 0 Å². The van der Waals surface area contributed by atoms with Crippen LogP contribution in [-0.4, -0.2) is 31.6 Å². The first kappa shape index (κ1) is 20.2. The summed E-state index contributed by atoms with van der Waals surface area (Å²) in [6.45, 7) is 8.76. The summed E-state index contributed by atoms with van der Waals surface area (Å²) in [4.78, 5) is 15.0. The Morgan fingerprint density at radius 1 is 1.21 bits per heavy atom. The second-order valence-corrected chi connectivity index (χ2v) is 7.65. The second kappa shape index (κ2) is 9.63. The van der Waals surface area contributed by atoms with Gasteiger partial charge in [-0.25, -0.2) is 0 Å². The van der Waals surface area contributed by atoms with Crippen LogP contribution in [0.15, 0.2) is 42.5 Å². The lowest BCUT2D eigenvalue weighted by atomic mass is 10.0. The van der Waals surface area contributed by atoms with Gasteiger partial charge in [-0.1, -0.05) is 37.3 Å². The molecule has 0 aromatic heterocycles. The van der Waals surface area contributed by atoms with Crippen molar-refractivity contribution < 1.29 is 9.53 Å². The number of anilines is 1. The molecular formula is C24H32N2O2.